The highest BCUT2D eigenvalue weighted by molar-refractivity contribution is 7.90. The number of nitrogens with zero attached hydrogens (tertiary/aromatic N) is 5. The molecule has 40 heavy (non-hydrogen) atoms. The van der Waals surface area contributed by atoms with Crippen molar-refractivity contribution < 1.29 is 25.7 Å². The summed E-state index contributed by atoms with van der Waals surface area (Å²) >= 11 is 0. The van der Waals surface area contributed by atoms with Gasteiger partial charge in [-0.15, -0.1) is 5.10 Å². The predicted molar refractivity (Wildman–Crippen MR) is 149 cm³/mol. The summed E-state index contributed by atoms with van der Waals surface area (Å²) in [5.74, 6) is -3.67. The van der Waals surface area contributed by atoms with Crippen molar-refractivity contribution in [2.24, 2.45) is 7.05 Å². The van der Waals surface area contributed by atoms with Gasteiger partial charge in [-0.1, -0.05) is 42.5 Å². The second-order valence-electron chi connectivity index (χ2n) is 9.97. The van der Waals surface area contributed by atoms with Gasteiger partial charge in [-0.3, -0.25) is 4.98 Å². The van der Waals surface area contributed by atoms with Gasteiger partial charge in [0.2, 0.25) is 5.92 Å². The van der Waals surface area contributed by atoms with Crippen molar-refractivity contribution in [2.45, 2.75) is 56.3 Å². The summed E-state index contributed by atoms with van der Waals surface area (Å²) in [4.78, 5) is 4.29. The van der Waals surface area contributed by atoms with Crippen LogP contribution in [-0.2, 0) is 16.9 Å². The van der Waals surface area contributed by atoms with E-state index in [0.717, 1.165) is 17.9 Å². The number of benzene rings is 2. The Morgan fingerprint density at radius 3 is 2.55 bits per heavy atom. The quantitative estimate of drug-likeness (QED) is 0.198. The molecule has 0 fully saturated rings. The number of hydrogen-bond acceptors (Lipinski definition) is 5. The van der Waals surface area contributed by atoms with E-state index in [2.05, 4.69) is 15.3 Å². The first-order valence-electron chi connectivity index (χ1n) is 14.3. The third kappa shape index (κ3) is 5.10. The fourth-order valence-electron chi connectivity index (χ4n) is 5.16. The Hall–Kier alpha value is -3.73. The molecule has 0 radical (unpaired) electrons. The molecule has 5 rings (SSSR count). The number of alkyl halides is 2. The van der Waals surface area contributed by atoms with Gasteiger partial charge in [0.15, 0.2) is 9.84 Å². The van der Waals surface area contributed by atoms with Crippen LogP contribution in [0.4, 0.5) is 13.2 Å². The summed E-state index contributed by atoms with van der Waals surface area (Å²) in [5, 5.41) is 7.78. The Morgan fingerprint density at radius 2 is 1.88 bits per heavy atom. The Labute approximate surface area is 234 Å². The van der Waals surface area contributed by atoms with Crippen molar-refractivity contribution in [2.75, 3.05) is 6.26 Å². The van der Waals surface area contributed by atoms with Crippen LogP contribution < -0.4 is 0 Å². The second kappa shape index (κ2) is 10.3. The van der Waals surface area contributed by atoms with E-state index in [1.54, 1.807) is 22.8 Å². The van der Waals surface area contributed by atoms with Gasteiger partial charge >= 0.3 is 0 Å². The highest BCUT2D eigenvalue weighted by Gasteiger charge is 2.29. The smallest absolute Gasteiger partial charge is 0.247 e. The fraction of sp³-hybridized carbons (Fsp3) is 0.345. The van der Waals surface area contributed by atoms with Gasteiger partial charge in [-0.25, -0.2) is 26.3 Å². The van der Waals surface area contributed by atoms with Crippen molar-refractivity contribution in [3.8, 4) is 11.3 Å². The van der Waals surface area contributed by atoms with Crippen molar-refractivity contribution in [1.29, 1.82) is 0 Å². The topological polar surface area (TPSA) is 82.7 Å². The Balaban J connectivity index is 1.84. The van der Waals surface area contributed by atoms with Crippen molar-refractivity contribution in [3.63, 3.8) is 0 Å². The lowest BCUT2D eigenvalue weighted by molar-refractivity contribution is -0.0140. The number of aromatic nitrogens is 5. The molecular formula is C29H30F3N5O2S. The number of aryl methyl sites for hydroxylation is 2. The maximum absolute atomic E-state index is 15.8. The largest absolute Gasteiger partial charge is 0.331 e. The molecule has 0 saturated carbocycles. The molecule has 0 aliphatic rings. The summed E-state index contributed by atoms with van der Waals surface area (Å²) in [6.45, 7) is -1.16. The van der Waals surface area contributed by atoms with E-state index >= 15 is 4.39 Å². The third-order valence-corrected chi connectivity index (χ3v) is 8.32. The lowest BCUT2D eigenvalue weighted by Gasteiger charge is -2.23. The van der Waals surface area contributed by atoms with Gasteiger partial charge in [0.1, 0.15) is 5.82 Å². The summed E-state index contributed by atoms with van der Waals surface area (Å²) in [6.07, 6.45) is 2.05. The van der Waals surface area contributed by atoms with Crippen LogP contribution in [0.25, 0.3) is 33.2 Å². The number of hydrogen-bond donors (Lipinski definition) is 0. The molecular weight excluding hydrogens is 539 g/mol. The van der Waals surface area contributed by atoms with Gasteiger partial charge in [0, 0.05) is 42.0 Å². The normalized spacial score (nSPS) is 14.8. The molecule has 0 bridgehead atoms. The zero-order valence-corrected chi connectivity index (χ0v) is 23.0. The molecule has 1 atom stereocenters. The highest BCUT2D eigenvalue weighted by atomic mass is 32.2. The Kier molecular flexibility index (Phi) is 6.23. The van der Waals surface area contributed by atoms with E-state index in [9.17, 15) is 17.2 Å². The summed E-state index contributed by atoms with van der Waals surface area (Å²) < 4.78 is 96.2. The first kappa shape index (κ1) is 24.1. The van der Waals surface area contributed by atoms with Gasteiger partial charge in [-0.2, -0.15) is 0 Å². The molecule has 3 heterocycles. The van der Waals surface area contributed by atoms with E-state index in [1.165, 1.54) is 30.9 Å². The highest BCUT2D eigenvalue weighted by Crippen LogP contribution is 2.40. The molecule has 0 saturated heterocycles. The zero-order valence-electron chi connectivity index (χ0n) is 25.2. The van der Waals surface area contributed by atoms with Crippen molar-refractivity contribution >= 4 is 31.8 Å². The molecule has 0 aliphatic carbocycles. The number of rotatable bonds is 9. The van der Waals surface area contributed by atoms with Crippen molar-refractivity contribution in [1.82, 2.24) is 24.5 Å². The summed E-state index contributed by atoms with van der Waals surface area (Å²) in [5.41, 5.74) is 1.81. The van der Waals surface area contributed by atoms with Gasteiger partial charge in [-0.05, 0) is 43.5 Å². The Bertz CT molecular complexity index is 1920. The van der Waals surface area contributed by atoms with E-state index in [0.29, 0.717) is 11.1 Å². The molecule has 5 aromatic rings. The first-order valence-corrected chi connectivity index (χ1v) is 14.7. The molecule has 7 nitrogen and oxygen atoms in total. The number of fused-ring (bicyclic) bond motifs is 3. The number of halogens is 3. The van der Waals surface area contributed by atoms with Gasteiger partial charge in [0.05, 0.1) is 44.3 Å². The van der Waals surface area contributed by atoms with Crippen LogP contribution in [0, 0.1) is 12.7 Å². The molecule has 3 aromatic heterocycles. The van der Waals surface area contributed by atoms with E-state index < -0.39 is 34.5 Å². The number of sulfone groups is 1. The zero-order chi connectivity index (χ0) is 31.3. The first-order chi connectivity index (χ1) is 20.1. The minimum atomic E-state index is -3.83. The minimum absolute atomic E-state index is 0.0629. The Morgan fingerprint density at radius 1 is 1.12 bits per heavy atom. The average Bonchev–Trinajstić information content (AvgIpc) is 3.49. The van der Waals surface area contributed by atoms with Crippen LogP contribution in [0.15, 0.2) is 59.6 Å². The molecule has 1 unspecified atom stereocenters. The van der Waals surface area contributed by atoms with Crippen LogP contribution >= 0.6 is 0 Å². The van der Waals surface area contributed by atoms with Crippen LogP contribution in [-0.4, -0.2) is 45.1 Å². The standard InChI is InChI=1S/C29H30F3N5O2S/c1-5-29(31,32)13-9-12-23(19-10-7-6-8-11-19)37-24-16-21(40(4,38)39)15-22(30)26(24)27-25(37)14-20(17-33-27)28-18(2)34-35-36(28)3/h6-8,10-11,14-17,23H,5,9,12-13H2,1-4H3/i2D3. The minimum Gasteiger partial charge on any atom is -0.331 e. The van der Waals surface area contributed by atoms with Gasteiger partial charge in [0.25, 0.3) is 0 Å². The molecule has 0 N–H and O–H groups in total. The van der Waals surface area contributed by atoms with E-state index in [-0.39, 0.29) is 58.4 Å². The van der Waals surface area contributed by atoms with Crippen LogP contribution in [0.1, 0.15) is 54.0 Å². The SMILES string of the molecule is [2H]C([2H])([2H])c1nnn(C)c1-c1cnc2c3c(F)cc(S(C)(=O)=O)cc3n(C(CCCC(F)(F)CC)c3ccccc3)c2c1. The second-order valence-corrected chi connectivity index (χ2v) is 12.0. The monoisotopic (exact) mass is 572 g/mol. The van der Waals surface area contributed by atoms with E-state index in [4.69, 9.17) is 4.11 Å². The van der Waals surface area contributed by atoms with Crippen LogP contribution in [0.5, 0.6) is 0 Å². The lowest BCUT2D eigenvalue weighted by atomic mass is 9.98. The van der Waals surface area contributed by atoms with E-state index in [1.807, 2.05) is 18.2 Å². The average molecular weight is 573 g/mol. The number of pyridine rings is 1. The maximum atomic E-state index is 15.8. The van der Waals surface area contributed by atoms with Gasteiger partial charge < -0.3 is 4.57 Å². The lowest BCUT2D eigenvalue weighted by Crippen LogP contribution is -2.16. The molecule has 0 spiro atoms. The predicted octanol–water partition coefficient (Wildman–Crippen LogP) is 6.64. The molecule has 210 valence electrons. The fourth-order valence-corrected chi connectivity index (χ4v) is 5.81. The maximum Gasteiger partial charge on any atom is 0.247 e. The summed E-state index contributed by atoms with van der Waals surface area (Å²) in [7, 11) is -2.29. The van der Waals surface area contributed by atoms with Crippen molar-refractivity contribution in [3.05, 3.63) is 71.8 Å². The third-order valence-electron chi connectivity index (χ3n) is 7.23. The van der Waals surface area contributed by atoms with Crippen LogP contribution in [0.2, 0.25) is 0 Å². The van der Waals surface area contributed by atoms with Crippen LogP contribution in [0.3, 0.4) is 0 Å². The molecule has 2 aromatic carbocycles. The molecule has 0 amide bonds. The molecule has 0 aliphatic heterocycles. The summed E-state index contributed by atoms with van der Waals surface area (Å²) in [6, 6.07) is 12.4. The molecule has 11 heteroatoms.